The van der Waals surface area contributed by atoms with Crippen LogP contribution in [0.25, 0.3) is 0 Å². The van der Waals surface area contributed by atoms with Gasteiger partial charge in [0, 0.05) is 12.0 Å². The molecule has 12 heavy (non-hydrogen) atoms. The molecule has 64 valence electrons. The summed E-state index contributed by atoms with van der Waals surface area (Å²) < 4.78 is 0. The lowest BCUT2D eigenvalue weighted by Gasteiger charge is -2.02. The monoisotopic (exact) mass is 163 g/mol. The third-order valence-electron chi connectivity index (χ3n) is 2.50. The minimum Gasteiger partial charge on any atom is -0.508 e. The van der Waals surface area contributed by atoms with Crippen molar-refractivity contribution < 1.29 is 5.11 Å². The second kappa shape index (κ2) is 2.49. The number of aromatic hydroxyl groups is 1. The summed E-state index contributed by atoms with van der Waals surface area (Å²) in [5, 5.41) is 9.42. The van der Waals surface area contributed by atoms with E-state index in [1.54, 1.807) is 0 Å². The van der Waals surface area contributed by atoms with E-state index >= 15 is 0 Å². The van der Waals surface area contributed by atoms with Crippen LogP contribution in [0.3, 0.4) is 0 Å². The van der Waals surface area contributed by atoms with Gasteiger partial charge in [-0.05, 0) is 30.5 Å². The van der Waals surface area contributed by atoms with Crippen LogP contribution >= 0.6 is 0 Å². The molecule has 1 aromatic carbocycles. The number of hydrogen-bond acceptors (Lipinski definition) is 2. The van der Waals surface area contributed by atoms with Gasteiger partial charge in [-0.2, -0.15) is 0 Å². The Kier molecular flexibility index (Phi) is 1.58. The molecule has 1 fully saturated rings. The molecule has 0 saturated heterocycles. The number of hydrogen-bond donors (Lipinski definition) is 2. The van der Waals surface area contributed by atoms with Crippen LogP contribution in [0, 0.1) is 6.92 Å². The first-order chi connectivity index (χ1) is 5.68. The first-order valence-corrected chi connectivity index (χ1v) is 4.23. The summed E-state index contributed by atoms with van der Waals surface area (Å²) in [7, 11) is 0. The maximum absolute atomic E-state index is 9.42. The van der Waals surface area contributed by atoms with Gasteiger partial charge >= 0.3 is 0 Å². The van der Waals surface area contributed by atoms with Gasteiger partial charge in [0.25, 0.3) is 0 Å². The van der Waals surface area contributed by atoms with Gasteiger partial charge in [-0.1, -0.05) is 12.1 Å². The van der Waals surface area contributed by atoms with Gasteiger partial charge in [0.1, 0.15) is 5.75 Å². The van der Waals surface area contributed by atoms with E-state index in [1.165, 1.54) is 5.56 Å². The van der Waals surface area contributed by atoms with E-state index < -0.39 is 0 Å². The van der Waals surface area contributed by atoms with Crippen LogP contribution in [0.1, 0.15) is 23.5 Å². The van der Waals surface area contributed by atoms with Crippen LogP contribution in [-0.2, 0) is 0 Å². The molecule has 0 radical (unpaired) electrons. The summed E-state index contributed by atoms with van der Waals surface area (Å²) in [6, 6.07) is 6.13. The highest BCUT2D eigenvalue weighted by atomic mass is 16.3. The average molecular weight is 163 g/mol. The first-order valence-electron chi connectivity index (χ1n) is 4.23. The Labute approximate surface area is 72.0 Å². The first kappa shape index (κ1) is 7.62. The fourth-order valence-corrected chi connectivity index (χ4v) is 1.45. The molecule has 0 spiro atoms. The molecule has 1 saturated carbocycles. The van der Waals surface area contributed by atoms with Gasteiger partial charge in [-0.25, -0.2) is 0 Å². The predicted molar refractivity (Wildman–Crippen MR) is 48.2 cm³/mol. The molecule has 2 rings (SSSR count). The van der Waals surface area contributed by atoms with Crippen molar-refractivity contribution in [1.29, 1.82) is 0 Å². The zero-order valence-electron chi connectivity index (χ0n) is 7.12. The molecule has 1 aliphatic rings. The summed E-state index contributed by atoms with van der Waals surface area (Å²) in [5.41, 5.74) is 7.80. The molecule has 0 amide bonds. The fourth-order valence-electron chi connectivity index (χ4n) is 1.45. The SMILES string of the molecule is Cc1ccc([C@@H]2C[C@@H]2N)cc1O. The lowest BCUT2D eigenvalue weighted by molar-refractivity contribution is 0.470. The molecule has 1 aliphatic carbocycles. The average Bonchev–Trinajstić information content (AvgIpc) is 2.73. The number of phenols is 1. The number of phenolic OH excluding ortho intramolecular Hbond substituents is 1. The van der Waals surface area contributed by atoms with Crippen molar-refractivity contribution in [1.82, 2.24) is 0 Å². The van der Waals surface area contributed by atoms with Crippen LogP contribution in [0.2, 0.25) is 0 Å². The van der Waals surface area contributed by atoms with E-state index in [-0.39, 0.29) is 0 Å². The topological polar surface area (TPSA) is 46.2 Å². The zero-order valence-corrected chi connectivity index (χ0v) is 7.12. The minimum atomic E-state index is 0.312. The van der Waals surface area contributed by atoms with Crippen LogP contribution in [0.4, 0.5) is 0 Å². The Balaban J connectivity index is 2.29. The molecule has 0 aromatic heterocycles. The van der Waals surface area contributed by atoms with Crippen LogP contribution < -0.4 is 5.73 Å². The van der Waals surface area contributed by atoms with E-state index in [9.17, 15) is 5.11 Å². The molecule has 0 unspecified atom stereocenters. The predicted octanol–water partition coefficient (Wildman–Crippen LogP) is 1.52. The molecule has 0 aliphatic heterocycles. The van der Waals surface area contributed by atoms with Gasteiger partial charge in [-0.3, -0.25) is 0 Å². The normalized spacial score (nSPS) is 27.2. The minimum absolute atomic E-state index is 0.312. The van der Waals surface area contributed by atoms with E-state index in [0.29, 0.717) is 17.7 Å². The highest BCUT2D eigenvalue weighted by Gasteiger charge is 2.34. The van der Waals surface area contributed by atoms with Gasteiger partial charge < -0.3 is 10.8 Å². The molecule has 1 aromatic rings. The molecular weight excluding hydrogens is 150 g/mol. The second-order valence-corrected chi connectivity index (χ2v) is 3.55. The number of aryl methyl sites for hydroxylation is 1. The molecular formula is C10H13NO. The molecule has 0 bridgehead atoms. The Hall–Kier alpha value is -1.02. The fraction of sp³-hybridized carbons (Fsp3) is 0.400. The molecule has 2 nitrogen and oxygen atoms in total. The summed E-state index contributed by atoms with van der Waals surface area (Å²) in [4.78, 5) is 0. The van der Waals surface area contributed by atoms with Crippen molar-refractivity contribution in [2.75, 3.05) is 0 Å². The highest BCUT2D eigenvalue weighted by molar-refractivity contribution is 5.39. The van der Waals surface area contributed by atoms with Crippen molar-refractivity contribution in [2.45, 2.75) is 25.3 Å². The molecule has 2 atom stereocenters. The standard InChI is InChI=1S/C10H13NO/c1-6-2-3-7(4-10(6)12)8-5-9(8)11/h2-4,8-9,12H,5,11H2,1H3/t8-,9-/m0/s1. The summed E-state index contributed by atoms with van der Waals surface area (Å²) in [6.45, 7) is 1.89. The second-order valence-electron chi connectivity index (χ2n) is 3.55. The van der Waals surface area contributed by atoms with E-state index in [1.807, 2.05) is 25.1 Å². The van der Waals surface area contributed by atoms with E-state index in [0.717, 1.165) is 12.0 Å². The lowest BCUT2D eigenvalue weighted by Crippen LogP contribution is -2.00. The van der Waals surface area contributed by atoms with E-state index in [2.05, 4.69) is 0 Å². The van der Waals surface area contributed by atoms with Crippen molar-refractivity contribution in [3.63, 3.8) is 0 Å². The van der Waals surface area contributed by atoms with Gasteiger partial charge in [-0.15, -0.1) is 0 Å². The van der Waals surface area contributed by atoms with Crippen molar-refractivity contribution in [3.05, 3.63) is 29.3 Å². The summed E-state index contributed by atoms with van der Waals surface area (Å²) in [5.74, 6) is 0.864. The van der Waals surface area contributed by atoms with Crippen LogP contribution in [0.15, 0.2) is 18.2 Å². The van der Waals surface area contributed by atoms with Crippen molar-refractivity contribution in [2.24, 2.45) is 5.73 Å². The highest BCUT2D eigenvalue weighted by Crippen LogP contribution is 2.40. The number of benzene rings is 1. The summed E-state index contributed by atoms with van der Waals surface area (Å²) in [6.07, 6.45) is 1.06. The molecule has 2 heteroatoms. The lowest BCUT2D eigenvalue weighted by atomic mass is 10.1. The maximum Gasteiger partial charge on any atom is 0.118 e. The Bertz CT molecular complexity index is 309. The zero-order chi connectivity index (χ0) is 8.72. The Morgan fingerprint density at radius 1 is 1.50 bits per heavy atom. The summed E-state index contributed by atoms with van der Waals surface area (Å²) >= 11 is 0. The number of nitrogens with two attached hydrogens (primary N) is 1. The third-order valence-corrected chi connectivity index (χ3v) is 2.50. The maximum atomic E-state index is 9.42. The van der Waals surface area contributed by atoms with Crippen LogP contribution in [-0.4, -0.2) is 11.1 Å². The Morgan fingerprint density at radius 3 is 2.67 bits per heavy atom. The van der Waals surface area contributed by atoms with Crippen molar-refractivity contribution in [3.8, 4) is 5.75 Å². The quantitative estimate of drug-likeness (QED) is 0.659. The molecule has 0 heterocycles. The number of rotatable bonds is 1. The van der Waals surface area contributed by atoms with Crippen LogP contribution in [0.5, 0.6) is 5.75 Å². The smallest absolute Gasteiger partial charge is 0.118 e. The van der Waals surface area contributed by atoms with Gasteiger partial charge in [0.05, 0.1) is 0 Å². The third kappa shape index (κ3) is 1.18. The Morgan fingerprint density at radius 2 is 2.17 bits per heavy atom. The van der Waals surface area contributed by atoms with E-state index in [4.69, 9.17) is 5.73 Å². The van der Waals surface area contributed by atoms with Gasteiger partial charge in [0.15, 0.2) is 0 Å². The largest absolute Gasteiger partial charge is 0.508 e. The van der Waals surface area contributed by atoms with Gasteiger partial charge in [0.2, 0.25) is 0 Å². The molecule has 3 N–H and O–H groups in total. The van der Waals surface area contributed by atoms with Crippen molar-refractivity contribution >= 4 is 0 Å².